The van der Waals surface area contributed by atoms with Crippen LogP contribution in [0.2, 0.25) is 0 Å². The Balaban J connectivity index is 0.00000117. The summed E-state index contributed by atoms with van der Waals surface area (Å²) < 4.78 is 34.1. The van der Waals surface area contributed by atoms with Crippen LogP contribution in [-0.4, -0.2) is 7.11 Å². The van der Waals surface area contributed by atoms with E-state index in [1.54, 1.807) is 0 Å². The molecule has 0 saturated heterocycles. The second-order valence-electron chi connectivity index (χ2n) is 5.94. The SMILES string of the molecule is C=C1NC(c2c(F)cc(OC)cc2F)=C(c2ccccc2)CC1C.CC. The van der Waals surface area contributed by atoms with E-state index in [1.165, 1.54) is 19.2 Å². The number of methoxy groups -OCH3 is 1. The summed E-state index contributed by atoms with van der Waals surface area (Å²) in [6.07, 6.45) is 0.663. The minimum atomic E-state index is -0.662. The van der Waals surface area contributed by atoms with Crippen LogP contribution >= 0.6 is 0 Å². The molecule has 26 heavy (non-hydrogen) atoms. The average molecular weight is 357 g/mol. The first-order valence-electron chi connectivity index (χ1n) is 8.79. The molecule has 1 N–H and O–H groups in total. The van der Waals surface area contributed by atoms with Crippen LogP contribution < -0.4 is 10.1 Å². The number of nitrogens with one attached hydrogen (secondary N) is 1. The number of hydrogen-bond acceptors (Lipinski definition) is 2. The molecule has 0 amide bonds. The van der Waals surface area contributed by atoms with Crippen LogP contribution in [-0.2, 0) is 0 Å². The van der Waals surface area contributed by atoms with Gasteiger partial charge in [-0.3, -0.25) is 0 Å². The van der Waals surface area contributed by atoms with E-state index in [9.17, 15) is 8.78 Å². The number of rotatable bonds is 3. The van der Waals surface area contributed by atoms with Gasteiger partial charge < -0.3 is 10.1 Å². The number of allylic oxidation sites excluding steroid dienone is 2. The Hall–Kier alpha value is -2.62. The molecule has 138 valence electrons. The predicted octanol–water partition coefficient (Wildman–Crippen LogP) is 6.01. The Kier molecular flexibility index (Phi) is 6.56. The zero-order valence-corrected chi connectivity index (χ0v) is 15.7. The van der Waals surface area contributed by atoms with Gasteiger partial charge in [-0.15, -0.1) is 0 Å². The maximum Gasteiger partial charge on any atom is 0.139 e. The summed E-state index contributed by atoms with van der Waals surface area (Å²) in [5, 5.41) is 3.11. The lowest BCUT2D eigenvalue weighted by Gasteiger charge is -2.29. The van der Waals surface area contributed by atoms with Crippen molar-refractivity contribution in [2.45, 2.75) is 27.2 Å². The van der Waals surface area contributed by atoms with Gasteiger partial charge in [-0.05, 0) is 23.5 Å². The zero-order valence-electron chi connectivity index (χ0n) is 15.7. The summed E-state index contributed by atoms with van der Waals surface area (Å²) in [6.45, 7) is 10.0. The molecule has 4 heteroatoms. The number of ether oxygens (including phenoxy) is 1. The highest BCUT2D eigenvalue weighted by molar-refractivity contribution is 5.92. The van der Waals surface area contributed by atoms with E-state index in [1.807, 2.05) is 51.1 Å². The molecule has 3 rings (SSSR count). The first-order chi connectivity index (χ1) is 12.5. The van der Waals surface area contributed by atoms with Gasteiger partial charge in [0, 0.05) is 17.8 Å². The molecule has 0 bridgehead atoms. The summed E-state index contributed by atoms with van der Waals surface area (Å²) >= 11 is 0. The van der Waals surface area contributed by atoms with Gasteiger partial charge in [0.1, 0.15) is 17.4 Å². The minimum absolute atomic E-state index is 0.0808. The van der Waals surface area contributed by atoms with E-state index in [4.69, 9.17) is 4.74 Å². The highest BCUT2D eigenvalue weighted by Crippen LogP contribution is 2.38. The molecule has 2 aromatic carbocycles. The van der Waals surface area contributed by atoms with Gasteiger partial charge in [-0.2, -0.15) is 0 Å². The van der Waals surface area contributed by atoms with E-state index < -0.39 is 11.6 Å². The number of halogens is 2. The molecule has 0 aromatic heterocycles. The lowest BCUT2D eigenvalue weighted by atomic mass is 9.86. The molecule has 1 unspecified atom stereocenters. The van der Waals surface area contributed by atoms with E-state index >= 15 is 0 Å². The molecule has 1 aliphatic rings. The highest BCUT2D eigenvalue weighted by Gasteiger charge is 2.26. The molecule has 0 spiro atoms. The fourth-order valence-corrected chi connectivity index (χ4v) is 2.91. The van der Waals surface area contributed by atoms with E-state index in [0.29, 0.717) is 12.1 Å². The summed E-state index contributed by atoms with van der Waals surface area (Å²) in [7, 11) is 1.38. The smallest absolute Gasteiger partial charge is 0.139 e. The third-order valence-electron chi connectivity index (χ3n) is 4.32. The standard InChI is InChI=1S/C20H19F2NO.C2H6/c1-12-9-16(14-7-5-4-6-8-14)20(23-13(12)2)19-17(21)10-15(24-3)11-18(19)22;1-2/h4-8,10-12,23H,2,9H2,1,3H3;1-2H3. The quantitative estimate of drug-likeness (QED) is 0.726. The fraction of sp³-hybridized carbons (Fsp3) is 0.273. The Bertz CT molecular complexity index is 789. The van der Waals surface area contributed by atoms with Crippen molar-refractivity contribution in [3.8, 4) is 5.75 Å². The predicted molar refractivity (Wildman–Crippen MR) is 104 cm³/mol. The van der Waals surface area contributed by atoms with E-state index in [2.05, 4.69) is 11.9 Å². The average Bonchev–Trinajstić information content (AvgIpc) is 2.66. The van der Waals surface area contributed by atoms with E-state index in [0.717, 1.165) is 16.8 Å². The van der Waals surface area contributed by atoms with Crippen molar-refractivity contribution < 1.29 is 13.5 Å². The number of hydrogen-bond donors (Lipinski definition) is 1. The van der Waals surface area contributed by atoms with Gasteiger partial charge >= 0.3 is 0 Å². The first-order valence-corrected chi connectivity index (χ1v) is 8.79. The van der Waals surface area contributed by atoms with Crippen LogP contribution in [0.15, 0.2) is 54.7 Å². The second kappa shape index (κ2) is 8.65. The molecule has 2 aromatic rings. The van der Waals surface area contributed by atoms with Crippen molar-refractivity contribution >= 4 is 11.3 Å². The topological polar surface area (TPSA) is 21.3 Å². The summed E-state index contributed by atoms with van der Waals surface area (Å²) in [6, 6.07) is 12.0. The lowest BCUT2D eigenvalue weighted by molar-refractivity contribution is 0.406. The zero-order chi connectivity index (χ0) is 19.3. The van der Waals surface area contributed by atoms with E-state index in [-0.39, 0.29) is 17.2 Å². The summed E-state index contributed by atoms with van der Waals surface area (Å²) in [5.41, 5.74) is 2.91. The van der Waals surface area contributed by atoms with Crippen molar-refractivity contribution in [3.05, 3.63) is 77.5 Å². The maximum atomic E-state index is 14.6. The van der Waals surface area contributed by atoms with Crippen molar-refractivity contribution in [1.82, 2.24) is 5.32 Å². The Labute approximate surface area is 154 Å². The molecule has 1 heterocycles. The summed E-state index contributed by atoms with van der Waals surface area (Å²) in [5.74, 6) is -0.998. The Morgan fingerprint density at radius 1 is 1.08 bits per heavy atom. The molecular weight excluding hydrogens is 332 g/mol. The van der Waals surface area contributed by atoms with Crippen molar-refractivity contribution in [3.63, 3.8) is 0 Å². The third kappa shape index (κ3) is 3.96. The maximum absolute atomic E-state index is 14.6. The van der Waals surface area contributed by atoms with Crippen LogP contribution in [0.3, 0.4) is 0 Å². The van der Waals surface area contributed by atoms with Gasteiger partial charge in [-0.1, -0.05) is 57.7 Å². The molecule has 1 atom stereocenters. The first kappa shape index (κ1) is 19.7. The molecule has 1 aliphatic heterocycles. The van der Waals surface area contributed by atoms with Gasteiger partial charge in [0.15, 0.2) is 0 Å². The van der Waals surface area contributed by atoms with Gasteiger partial charge in [0.05, 0.1) is 18.4 Å². The fourth-order valence-electron chi connectivity index (χ4n) is 2.91. The highest BCUT2D eigenvalue weighted by atomic mass is 19.1. The molecule has 2 nitrogen and oxygen atoms in total. The van der Waals surface area contributed by atoms with Gasteiger partial charge in [-0.25, -0.2) is 8.78 Å². The molecule has 0 radical (unpaired) electrons. The third-order valence-corrected chi connectivity index (χ3v) is 4.32. The van der Waals surface area contributed by atoms with Crippen LogP contribution in [0.4, 0.5) is 8.78 Å². The molecule has 0 saturated carbocycles. The second-order valence-corrected chi connectivity index (χ2v) is 5.94. The normalized spacial score (nSPS) is 16.5. The van der Waals surface area contributed by atoms with Crippen LogP contribution in [0.5, 0.6) is 5.75 Å². The largest absolute Gasteiger partial charge is 0.497 e. The van der Waals surface area contributed by atoms with Crippen LogP contribution in [0, 0.1) is 17.6 Å². The number of benzene rings is 2. The molecule has 0 fully saturated rings. The van der Waals surface area contributed by atoms with Crippen molar-refractivity contribution in [1.29, 1.82) is 0 Å². The van der Waals surface area contributed by atoms with Gasteiger partial charge in [0.2, 0.25) is 0 Å². The van der Waals surface area contributed by atoms with Crippen molar-refractivity contribution in [2.75, 3.05) is 7.11 Å². The monoisotopic (exact) mass is 357 g/mol. The van der Waals surface area contributed by atoms with Crippen LogP contribution in [0.1, 0.15) is 38.3 Å². The van der Waals surface area contributed by atoms with Gasteiger partial charge in [0.25, 0.3) is 0 Å². The van der Waals surface area contributed by atoms with Crippen LogP contribution in [0.25, 0.3) is 11.3 Å². The lowest BCUT2D eigenvalue weighted by Crippen LogP contribution is -2.25. The summed E-state index contributed by atoms with van der Waals surface area (Å²) in [4.78, 5) is 0. The Morgan fingerprint density at radius 2 is 1.65 bits per heavy atom. The molecule has 0 aliphatic carbocycles. The Morgan fingerprint density at radius 3 is 2.19 bits per heavy atom. The molecular formula is C22H25F2NO. The minimum Gasteiger partial charge on any atom is -0.497 e. The van der Waals surface area contributed by atoms with Crippen molar-refractivity contribution in [2.24, 2.45) is 5.92 Å².